The summed E-state index contributed by atoms with van der Waals surface area (Å²) in [5, 5.41) is 13.0. The molecule has 0 atom stereocenters. The minimum Gasteiger partial charge on any atom is -0.368 e. The Kier molecular flexibility index (Phi) is 5.95. The summed E-state index contributed by atoms with van der Waals surface area (Å²) in [4.78, 5) is 13.5. The maximum Gasteiger partial charge on any atom is 0.259 e. The maximum absolute atomic E-state index is 10.1. The van der Waals surface area contributed by atoms with Crippen LogP contribution in [0.15, 0.2) is 4.99 Å². The molecule has 0 fully saturated rings. The van der Waals surface area contributed by atoms with Gasteiger partial charge in [0.05, 0.1) is 0 Å². The van der Waals surface area contributed by atoms with Gasteiger partial charge < -0.3 is 5.32 Å². The third-order valence-corrected chi connectivity index (χ3v) is 1.41. The largest absolute Gasteiger partial charge is 0.368 e. The monoisotopic (exact) mass is 173 g/mol. The average molecular weight is 173 g/mol. The van der Waals surface area contributed by atoms with Gasteiger partial charge in [0.25, 0.3) is 6.54 Å². The van der Waals surface area contributed by atoms with Crippen LogP contribution in [0.5, 0.6) is 0 Å². The van der Waals surface area contributed by atoms with Crippen LogP contribution in [0.2, 0.25) is 0 Å². The highest BCUT2D eigenvalue weighted by Gasteiger charge is 2.03. The van der Waals surface area contributed by atoms with E-state index in [9.17, 15) is 10.1 Å². The van der Waals surface area contributed by atoms with Gasteiger partial charge in [0, 0.05) is 18.5 Å². The molecule has 0 rings (SSSR count). The molecule has 0 saturated carbocycles. The van der Waals surface area contributed by atoms with Crippen LogP contribution in [0.4, 0.5) is 0 Å². The zero-order chi connectivity index (χ0) is 9.40. The molecule has 0 spiro atoms. The third-order valence-electron chi connectivity index (χ3n) is 1.41. The van der Waals surface area contributed by atoms with Crippen molar-refractivity contribution in [3.05, 3.63) is 10.1 Å². The van der Waals surface area contributed by atoms with Crippen molar-refractivity contribution in [2.45, 2.75) is 19.8 Å². The summed E-state index contributed by atoms with van der Waals surface area (Å²) >= 11 is 0. The Morgan fingerprint density at radius 1 is 1.67 bits per heavy atom. The Balaban J connectivity index is 3.62. The van der Waals surface area contributed by atoms with Gasteiger partial charge in [-0.2, -0.15) is 0 Å². The van der Waals surface area contributed by atoms with Crippen LogP contribution in [-0.4, -0.2) is 30.9 Å². The zero-order valence-corrected chi connectivity index (χ0v) is 7.54. The first-order valence-electron chi connectivity index (χ1n) is 4.02. The van der Waals surface area contributed by atoms with Gasteiger partial charge in [-0.1, -0.05) is 13.3 Å². The van der Waals surface area contributed by atoms with Gasteiger partial charge >= 0.3 is 0 Å². The second kappa shape index (κ2) is 6.57. The molecule has 0 aliphatic carbocycles. The van der Waals surface area contributed by atoms with Crippen molar-refractivity contribution in [2.24, 2.45) is 4.99 Å². The smallest absolute Gasteiger partial charge is 0.259 e. The fraction of sp³-hybridized carbons (Fsp3) is 0.857. The first-order chi connectivity index (χ1) is 5.70. The summed E-state index contributed by atoms with van der Waals surface area (Å²) in [6.45, 7) is 2.62. The number of nitrogens with zero attached hydrogens (tertiary/aromatic N) is 2. The summed E-state index contributed by atoms with van der Waals surface area (Å²) in [7, 11) is 1.55. The molecule has 0 bridgehead atoms. The van der Waals surface area contributed by atoms with E-state index in [0.29, 0.717) is 5.84 Å². The molecular formula is C7H15N3O2. The number of rotatable bonds is 5. The van der Waals surface area contributed by atoms with Crippen LogP contribution in [0.1, 0.15) is 19.8 Å². The maximum atomic E-state index is 10.1. The molecule has 70 valence electrons. The van der Waals surface area contributed by atoms with E-state index in [1.165, 1.54) is 0 Å². The average Bonchev–Trinajstić information content (AvgIpc) is 2.02. The number of nitro groups is 1. The minimum atomic E-state index is -0.388. The molecule has 0 amide bonds. The molecule has 5 heteroatoms. The molecule has 0 aromatic carbocycles. The van der Waals surface area contributed by atoms with Crippen LogP contribution >= 0.6 is 0 Å². The van der Waals surface area contributed by atoms with Crippen molar-refractivity contribution in [1.82, 2.24) is 5.32 Å². The normalized spacial score (nSPS) is 11.3. The first-order valence-corrected chi connectivity index (χ1v) is 4.02. The Morgan fingerprint density at radius 2 is 2.33 bits per heavy atom. The van der Waals surface area contributed by atoms with Crippen molar-refractivity contribution in [3.63, 3.8) is 0 Å². The van der Waals surface area contributed by atoms with Crippen molar-refractivity contribution < 1.29 is 4.92 Å². The molecule has 0 heterocycles. The van der Waals surface area contributed by atoms with Crippen molar-refractivity contribution in [1.29, 1.82) is 0 Å². The van der Waals surface area contributed by atoms with Gasteiger partial charge in [-0.15, -0.1) is 0 Å². The quantitative estimate of drug-likeness (QED) is 0.218. The highest BCUT2D eigenvalue weighted by molar-refractivity contribution is 5.82. The van der Waals surface area contributed by atoms with E-state index in [1.807, 2.05) is 0 Å². The first kappa shape index (κ1) is 10.9. The number of amidine groups is 1. The van der Waals surface area contributed by atoms with E-state index in [2.05, 4.69) is 17.2 Å². The van der Waals surface area contributed by atoms with E-state index >= 15 is 0 Å². The van der Waals surface area contributed by atoms with E-state index < -0.39 is 0 Å². The molecule has 0 unspecified atom stereocenters. The SMILES string of the molecule is CCCCNC(C[N+](=O)[O-])=NC. The van der Waals surface area contributed by atoms with Crippen LogP contribution in [-0.2, 0) is 0 Å². The Hall–Kier alpha value is -1.13. The molecule has 0 radical (unpaired) electrons. The molecule has 12 heavy (non-hydrogen) atoms. The Morgan fingerprint density at radius 3 is 2.75 bits per heavy atom. The number of nitrogens with one attached hydrogen (secondary N) is 1. The summed E-state index contributed by atoms with van der Waals surface area (Å²) in [5.41, 5.74) is 0. The Bertz CT molecular complexity index is 168. The van der Waals surface area contributed by atoms with Crippen molar-refractivity contribution in [3.8, 4) is 0 Å². The van der Waals surface area contributed by atoms with Crippen molar-refractivity contribution >= 4 is 5.84 Å². The number of unbranched alkanes of at least 4 members (excludes halogenated alkanes) is 1. The topological polar surface area (TPSA) is 67.5 Å². The highest BCUT2D eigenvalue weighted by atomic mass is 16.6. The third kappa shape index (κ3) is 5.64. The predicted molar refractivity (Wildman–Crippen MR) is 48.1 cm³/mol. The molecule has 0 saturated heterocycles. The lowest BCUT2D eigenvalue weighted by Crippen LogP contribution is -2.30. The fourth-order valence-electron chi connectivity index (χ4n) is 0.737. The summed E-state index contributed by atoms with van der Waals surface area (Å²) in [6, 6.07) is 0. The lowest BCUT2D eigenvalue weighted by atomic mass is 10.3. The van der Waals surface area contributed by atoms with E-state index in [4.69, 9.17) is 0 Å². The highest BCUT2D eigenvalue weighted by Crippen LogP contribution is 1.83. The predicted octanol–water partition coefficient (Wildman–Crippen LogP) is 0.681. The van der Waals surface area contributed by atoms with Gasteiger partial charge in [0.15, 0.2) is 5.84 Å². The second-order valence-electron chi connectivity index (χ2n) is 2.44. The molecule has 1 N–H and O–H groups in total. The van der Waals surface area contributed by atoms with E-state index in [0.717, 1.165) is 19.4 Å². The van der Waals surface area contributed by atoms with E-state index in [-0.39, 0.29) is 11.5 Å². The summed E-state index contributed by atoms with van der Waals surface area (Å²) in [6.07, 6.45) is 2.08. The molecular weight excluding hydrogens is 158 g/mol. The van der Waals surface area contributed by atoms with Gasteiger partial charge in [-0.25, -0.2) is 0 Å². The molecule has 0 aromatic heterocycles. The van der Waals surface area contributed by atoms with Gasteiger partial charge in [0.1, 0.15) is 0 Å². The van der Waals surface area contributed by atoms with E-state index in [1.54, 1.807) is 7.05 Å². The van der Waals surface area contributed by atoms with Crippen molar-refractivity contribution in [2.75, 3.05) is 20.1 Å². The number of aliphatic imine (C=N–C) groups is 1. The molecule has 0 aliphatic heterocycles. The van der Waals surface area contributed by atoms with Gasteiger partial charge in [-0.05, 0) is 6.42 Å². The number of hydrogen-bond donors (Lipinski definition) is 1. The van der Waals surface area contributed by atoms with Gasteiger partial charge in [-0.3, -0.25) is 15.1 Å². The standard InChI is InChI=1S/C7H15N3O2/c1-3-4-5-9-7(8-2)6-10(11)12/h3-6H2,1-2H3,(H,8,9). The van der Waals surface area contributed by atoms with Crippen LogP contribution < -0.4 is 5.32 Å². The second-order valence-corrected chi connectivity index (χ2v) is 2.44. The minimum absolute atomic E-state index is 0.208. The summed E-state index contributed by atoms with van der Waals surface area (Å²) in [5.74, 6) is 0.452. The molecule has 5 nitrogen and oxygen atoms in total. The van der Waals surface area contributed by atoms with Crippen LogP contribution in [0.3, 0.4) is 0 Å². The van der Waals surface area contributed by atoms with Crippen LogP contribution in [0.25, 0.3) is 0 Å². The fourth-order valence-corrected chi connectivity index (χ4v) is 0.737. The van der Waals surface area contributed by atoms with Crippen LogP contribution in [0, 0.1) is 10.1 Å². The molecule has 0 aromatic rings. The Labute approximate surface area is 72.0 Å². The van der Waals surface area contributed by atoms with Gasteiger partial charge in [0.2, 0.25) is 0 Å². The number of hydrogen-bond acceptors (Lipinski definition) is 3. The lowest BCUT2D eigenvalue weighted by molar-refractivity contribution is -0.463. The molecule has 0 aliphatic rings. The lowest BCUT2D eigenvalue weighted by Gasteiger charge is -2.03. The summed E-state index contributed by atoms with van der Waals surface area (Å²) < 4.78 is 0. The zero-order valence-electron chi connectivity index (χ0n) is 7.54.